The summed E-state index contributed by atoms with van der Waals surface area (Å²) < 4.78 is 43.0. The second-order valence-electron chi connectivity index (χ2n) is 5.05. The molecule has 3 rings (SSSR count). The highest BCUT2D eigenvalue weighted by molar-refractivity contribution is 5.93. The van der Waals surface area contributed by atoms with Gasteiger partial charge in [-0.2, -0.15) is 0 Å². The molecule has 0 saturated carbocycles. The Hall–Kier alpha value is -3.16. The van der Waals surface area contributed by atoms with Gasteiger partial charge >= 0.3 is 6.09 Å². The summed E-state index contributed by atoms with van der Waals surface area (Å²) in [5, 5.41) is 2.51. The number of amides is 1. The fraction of sp³-hybridized carbons (Fsp3) is 0.176. The Kier molecular flexibility index (Phi) is 4.51. The quantitative estimate of drug-likeness (QED) is 0.761. The lowest BCUT2D eigenvalue weighted by Crippen LogP contribution is -2.18. The Balaban J connectivity index is 1.90. The number of aryl methyl sites for hydroxylation is 1. The molecule has 130 valence electrons. The summed E-state index contributed by atoms with van der Waals surface area (Å²) in [6, 6.07) is 4.92. The molecule has 6 nitrogen and oxygen atoms in total. The lowest BCUT2D eigenvalue weighted by atomic mass is 10.2. The van der Waals surface area contributed by atoms with Crippen LogP contribution in [0.4, 0.5) is 19.3 Å². The molecule has 25 heavy (non-hydrogen) atoms. The predicted molar refractivity (Wildman–Crippen MR) is 85.9 cm³/mol. The summed E-state index contributed by atoms with van der Waals surface area (Å²) in [6.45, 7) is 1.89. The van der Waals surface area contributed by atoms with Gasteiger partial charge in [-0.05, 0) is 18.2 Å². The van der Waals surface area contributed by atoms with Gasteiger partial charge in [-0.15, -0.1) is 0 Å². The molecule has 0 aliphatic rings. The molecule has 0 fully saturated rings. The molecule has 1 N–H and O–H groups in total. The van der Waals surface area contributed by atoms with Crippen molar-refractivity contribution in [3.05, 3.63) is 47.9 Å². The molecular weight excluding hydrogens is 334 g/mol. The van der Waals surface area contributed by atoms with E-state index in [2.05, 4.69) is 4.98 Å². The normalized spacial score (nSPS) is 10.7. The van der Waals surface area contributed by atoms with E-state index < -0.39 is 23.4 Å². The van der Waals surface area contributed by atoms with Crippen molar-refractivity contribution in [3.63, 3.8) is 0 Å². The lowest BCUT2D eigenvalue weighted by molar-refractivity contribution is 0.215. The van der Waals surface area contributed by atoms with E-state index in [9.17, 15) is 13.6 Å². The van der Waals surface area contributed by atoms with Crippen LogP contribution in [0.5, 0.6) is 11.6 Å². The summed E-state index contributed by atoms with van der Waals surface area (Å²) in [5.74, 6) is -0.860. The third kappa shape index (κ3) is 3.23. The van der Waals surface area contributed by atoms with Crippen molar-refractivity contribution in [1.82, 2.24) is 4.98 Å². The van der Waals surface area contributed by atoms with Gasteiger partial charge in [0.2, 0.25) is 0 Å². The standard InChI is InChI=1S/C17H14F2N2O4/c1-3-9-7-10-13(8-20-16(23-2)15(10)24-9)25-17(22)21-14-11(18)5-4-6-12(14)19/h4-8H,3H2,1-2H3,(H,21,22). The van der Waals surface area contributed by atoms with Gasteiger partial charge < -0.3 is 13.9 Å². The van der Waals surface area contributed by atoms with Crippen molar-refractivity contribution in [2.75, 3.05) is 12.4 Å². The van der Waals surface area contributed by atoms with E-state index in [1.54, 1.807) is 6.07 Å². The highest BCUT2D eigenvalue weighted by Crippen LogP contribution is 2.34. The van der Waals surface area contributed by atoms with Crippen LogP contribution in [0.3, 0.4) is 0 Å². The smallest absolute Gasteiger partial charge is 0.417 e. The molecule has 0 saturated heterocycles. The lowest BCUT2D eigenvalue weighted by Gasteiger charge is -2.09. The SMILES string of the molecule is CCc1cc2c(OC(=O)Nc3c(F)cccc3F)cnc(OC)c2o1. The highest BCUT2D eigenvalue weighted by atomic mass is 19.1. The number of methoxy groups -OCH3 is 1. The van der Waals surface area contributed by atoms with E-state index in [1.165, 1.54) is 19.4 Å². The van der Waals surface area contributed by atoms with Crippen LogP contribution in [0.2, 0.25) is 0 Å². The summed E-state index contributed by atoms with van der Waals surface area (Å²) in [5.41, 5.74) is -0.270. The molecule has 0 atom stereocenters. The number of fused-ring (bicyclic) bond motifs is 1. The molecule has 0 spiro atoms. The molecule has 8 heteroatoms. The topological polar surface area (TPSA) is 73.6 Å². The van der Waals surface area contributed by atoms with Crippen molar-refractivity contribution in [2.24, 2.45) is 0 Å². The van der Waals surface area contributed by atoms with Crippen molar-refractivity contribution < 1.29 is 27.5 Å². The number of anilines is 1. The van der Waals surface area contributed by atoms with Crippen molar-refractivity contribution in [1.29, 1.82) is 0 Å². The number of benzene rings is 1. The van der Waals surface area contributed by atoms with Gasteiger partial charge in [-0.25, -0.2) is 18.6 Å². The second kappa shape index (κ2) is 6.76. The third-order valence-corrected chi connectivity index (χ3v) is 3.48. The van der Waals surface area contributed by atoms with Crippen molar-refractivity contribution in [2.45, 2.75) is 13.3 Å². The second-order valence-corrected chi connectivity index (χ2v) is 5.05. The first-order valence-electron chi connectivity index (χ1n) is 7.41. The number of halogens is 2. The molecule has 0 aliphatic carbocycles. The van der Waals surface area contributed by atoms with Gasteiger partial charge in [0.05, 0.1) is 18.7 Å². The maximum Gasteiger partial charge on any atom is 0.417 e. The van der Waals surface area contributed by atoms with Crippen LogP contribution in [0.25, 0.3) is 11.0 Å². The van der Waals surface area contributed by atoms with Crippen molar-refractivity contribution >= 4 is 22.7 Å². The van der Waals surface area contributed by atoms with Gasteiger partial charge in [0.1, 0.15) is 23.1 Å². The molecule has 1 aromatic carbocycles. The molecule has 0 radical (unpaired) electrons. The Morgan fingerprint density at radius 3 is 2.68 bits per heavy atom. The first-order valence-corrected chi connectivity index (χ1v) is 7.41. The third-order valence-electron chi connectivity index (χ3n) is 3.48. The number of carbonyl (C=O) groups excluding carboxylic acids is 1. The Labute approximate surface area is 141 Å². The van der Waals surface area contributed by atoms with Gasteiger partial charge in [-0.1, -0.05) is 13.0 Å². The Morgan fingerprint density at radius 1 is 1.32 bits per heavy atom. The van der Waals surface area contributed by atoms with Crippen LogP contribution < -0.4 is 14.8 Å². The van der Waals surface area contributed by atoms with E-state index in [1.807, 2.05) is 12.2 Å². The number of nitrogens with zero attached hydrogens (tertiary/aromatic N) is 1. The summed E-state index contributed by atoms with van der Waals surface area (Å²) >= 11 is 0. The number of rotatable bonds is 4. The fourth-order valence-electron chi connectivity index (χ4n) is 2.28. The van der Waals surface area contributed by atoms with Gasteiger partial charge in [-0.3, -0.25) is 5.32 Å². The number of furan rings is 1. The largest absolute Gasteiger partial charge is 0.478 e. The maximum absolute atomic E-state index is 13.6. The van der Waals surface area contributed by atoms with E-state index in [4.69, 9.17) is 13.9 Å². The Bertz CT molecular complexity index is 920. The zero-order valence-electron chi connectivity index (χ0n) is 13.4. The summed E-state index contributed by atoms with van der Waals surface area (Å²) in [4.78, 5) is 16.0. The number of aromatic nitrogens is 1. The van der Waals surface area contributed by atoms with Crippen LogP contribution in [-0.4, -0.2) is 18.2 Å². The first kappa shape index (κ1) is 16.7. The number of hydrogen-bond acceptors (Lipinski definition) is 5. The predicted octanol–water partition coefficient (Wildman–Crippen LogP) is 4.29. The maximum atomic E-state index is 13.6. The first-order chi connectivity index (χ1) is 12.0. The average molecular weight is 348 g/mol. The minimum Gasteiger partial charge on any atom is -0.478 e. The number of hydrogen-bond donors (Lipinski definition) is 1. The number of pyridine rings is 1. The minimum atomic E-state index is -1.06. The van der Waals surface area contributed by atoms with Crippen LogP contribution in [-0.2, 0) is 6.42 Å². The molecule has 2 heterocycles. The van der Waals surface area contributed by atoms with Crippen LogP contribution >= 0.6 is 0 Å². The van der Waals surface area contributed by atoms with Crippen LogP contribution in [0.1, 0.15) is 12.7 Å². The Morgan fingerprint density at radius 2 is 2.04 bits per heavy atom. The summed E-state index contributed by atoms with van der Waals surface area (Å²) in [7, 11) is 1.43. The van der Waals surface area contributed by atoms with E-state index in [0.29, 0.717) is 23.2 Å². The molecule has 1 amide bonds. The highest BCUT2D eigenvalue weighted by Gasteiger charge is 2.18. The molecule has 3 aromatic rings. The van der Waals surface area contributed by atoms with Crippen LogP contribution in [0, 0.1) is 11.6 Å². The number of carbonyl (C=O) groups is 1. The van der Waals surface area contributed by atoms with E-state index >= 15 is 0 Å². The minimum absolute atomic E-state index is 0.0773. The van der Waals surface area contributed by atoms with Gasteiger partial charge in [0, 0.05) is 6.42 Å². The van der Waals surface area contributed by atoms with Gasteiger partial charge in [0.15, 0.2) is 11.3 Å². The van der Waals surface area contributed by atoms with E-state index in [0.717, 1.165) is 12.1 Å². The number of ether oxygens (including phenoxy) is 2. The zero-order chi connectivity index (χ0) is 18.0. The van der Waals surface area contributed by atoms with Crippen molar-refractivity contribution in [3.8, 4) is 11.6 Å². The zero-order valence-corrected chi connectivity index (χ0v) is 13.4. The molecule has 2 aromatic heterocycles. The average Bonchev–Trinajstić information content (AvgIpc) is 3.03. The van der Waals surface area contributed by atoms with Crippen LogP contribution in [0.15, 0.2) is 34.9 Å². The number of nitrogens with one attached hydrogen (secondary N) is 1. The molecular formula is C17H14F2N2O4. The molecule has 0 aliphatic heterocycles. The van der Waals surface area contributed by atoms with E-state index in [-0.39, 0.29) is 11.6 Å². The fourth-order valence-corrected chi connectivity index (χ4v) is 2.28. The molecule has 0 unspecified atom stereocenters. The monoisotopic (exact) mass is 348 g/mol. The molecule has 0 bridgehead atoms. The number of para-hydroxylation sites is 1. The summed E-state index contributed by atoms with van der Waals surface area (Å²) in [6.07, 6.45) is 0.827. The van der Waals surface area contributed by atoms with Gasteiger partial charge in [0.25, 0.3) is 5.88 Å².